The Kier molecular flexibility index (Phi) is 8.40. The molecule has 166 valence electrons. The molecule has 0 radical (unpaired) electrons. The Morgan fingerprint density at radius 1 is 1.06 bits per heavy atom. The van der Waals surface area contributed by atoms with Crippen LogP contribution in [-0.2, 0) is 17.8 Å². The molecule has 0 saturated carbocycles. The van der Waals surface area contributed by atoms with Gasteiger partial charge in [-0.15, -0.1) is 0 Å². The van der Waals surface area contributed by atoms with Crippen LogP contribution in [0.15, 0.2) is 88.8 Å². The molecule has 1 aliphatic heterocycles. The zero-order valence-corrected chi connectivity index (χ0v) is 19.7. The highest BCUT2D eigenvalue weighted by atomic mass is 32.2. The molecular formula is C27H30N2O2S. The highest BCUT2D eigenvalue weighted by Gasteiger charge is 2.18. The third kappa shape index (κ3) is 5.74. The predicted octanol–water partition coefficient (Wildman–Crippen LogP) is 6.15. The van der Waals surface area contributed by atoms with E-state index in [0.29, 0.717) is 0 Å². The lowest BCUT2D eigenvalue weighted by atomic mass is 10.0. The minimum atomic E-state index is -0.838. The Morgan fingerprint density at radius 3 is 2.47 bits per heavy atom. The van der Waals surface area contributed by atoms with Crippen LogP contribution in [0.25, 0.3) is 5.57 Å². The average Bonchev–Trinajstić information content (AvgIpc) is 3.12. The van der Waals surface area contributed by atoms with Crippen LogP contribution in [0.4, 0.5) is 0 Å². The van der Waals surface area contributed by atoms with Crippen molar-refractivity contribution in [3.63, 3.8) is 0 Å². The predicted molar refractivity (Wildman–Crippen MR) is 133 cm³/mol. The van der Waals surface area contributed by atoms with Crippen LogP contribution < -0.4 is 5.32 Å². The Morgan fingerprint density at radius 2 is 1.78 bits per heavy atom. The Bertz CT molecular complexity index is 1110. The molecule has 0 aliphatic carbocycles. The van der Waals surface area contributed by atoms with E-state index in [9.17, 15) is 9.90 Å². The topological polar surface area (TPSA) is 54.3 Å². The van der Waals surface area contributed by atoms with Crippen molar-refractivity contribution in [3.8, 4) is 0 Å². The molecule has 0 saturated heterocycles. The largest absolute Gasteiger partial charge is 0.480 e. The van der Waals surface area contributed by atoms with Gasteiger partial charge >= 0.3 is 5.97 Å². The van der Waals surface area contributed by atoms with Crippen molar-refractivity contribution < 1.29 is 9.90 Å². The van der Waals surface area contributed by atoms with Crippen molar-refractivity contribution in [1.82, 2.24) is 9.88 Å². The fourth-order valence-electron chi connectivity index (χ4n) is 3.66. The Balaban J connectivity index is 0.00000141. The molecule has 2 aromatic carbocycles. The average molecular weight is 447 g/mol. The number of benzene rings is 2. The summed E-state index contributed by atoms with van der Waals surface area (Å²) in [6, 6.07) is 20.9. The standard InChI is InChI=1S/C25H24N2O2S.C2H6/c1-18-21(15-23(27(18)17-25(28)29)20-9-7-13-26-16-20)14-19-8-5-6-12-24(19)30-22-10-3-2-4-11-22;1-2/h2-12,15-16,26H,13-14,17H2,1H3,(H,28,29);1-2H3. The summed E-state index contributed by atoms with van der Waals surface area (Å²) in [7, 11) is 0. The first-order valence-corrected chi connectivity index (χ1v) is 11.8. The van der Waals surface area contributed by atoms with E-state index in [1.165, 1.54) is 15.4 Å². The summed E-state index contributed by atoms with van der Waals surface area (Å²) in [5.74, 6) is -0.838. The number of hydrogen-bond acceptors (Lipinski definition) is 3. The maximum Gasteiger partial charge on any atom is 0.323 e. The summed E-state index contributed by atoms with van der Waals surface area (Å²) >= 11 is 1.76. The van der Waals surface area contributed by atoms with Crippen molar-refractivity contribution in [2.45, 2.75) is 43.5 Å². The molecule has 0 atom stereocenters. The second-order valence-electron chi connectivity index (χ2n) is 7.23. The maximum absolute atomic E-state index is 11.5. The third-order valence-electron chi connectivity index (χ3n) is 5.18. The lowest BCUT2D eigenvalue weighted by molar-refractivity contribution is -0.137. The first kappa shape index (κ1) is 23.5. The number of nitrogens with zero attached hydrogens (tertiary/aromatic N) is 1. The number of carboxylic acid groups (broad SMARTS) is 1. The van der Waals surface area contributed by atoms with Crippen LogP contribution in [0.5, 0.6) is 0 Å². The highest BCUT2D eigenvalue weighted by Crippen LogP contribution is 2.33. The molecule has 1 aliphatic rings. The number of aromatic nitrogens is 1. The molecule has 0 spiro atoms. The summed E-state index contributed by atoms with van der Waals surface area (Å²) in [6.45, 7) is 6.75. The van der Waals surface area contributed by atoms with Gasteiger partial charge in [0.25, 0.3) is 0 Å². The molecule has 0 amide bonds. The molecule has 2 heterocycles. The molecule has 0 fully saturated rings. The van der Waals surface area contributed by atoms with E-state index in [2.05, 4.69) is 47.8 Å². The van der Waals surface area contributed by atoms with E-state index in [4.69, 9.17) is 0 Å². The second-order valence-corrected chi connectivity index (χ2v) is 8.35. The van der Waals surface area contributed by atoms with Crippen LogP contribution in [-0.4, -0.2) is 22.2 Å². The number of nitrogens with one attached hydrogen (secondary N) is 1. The molecule has 5 heteroatoms. The zero-order valence-electron chi connectivity index (χ0n) is 18.8. The molecule has 4 rings (SSSR count). The number of aliphatic carboxylic acids is 1. The summed E-state index contributed by atoms with van der Waals surface area (Å²) in [6.07, 6.45) is 6.81. The van der Waals surface area contributed by atoms with Crippen LogP contribution in [0.2, 0.25) is 0 Å². The maximum atomic E-state index is 11.5. The fraction of sp³-hybridized carbons (Fsp3) is 0.222. The van der Waals surface area contributed by atoms with Gasteiger partial charge in [0.2, 0.25) is 0 Å². The van der Waals surface area contributed by atoms with E-state index < -0.39 is 5.97 Å². The van der Waals surface area contributed by atoms with E-state index in [-0.39, 0.29) is 6.54 Å². The van der Waals surface area contributed by atoms with Gasteiger partial charge in [0.05, 0.1) is 5.69 Å². The molecule has 0 bridgehead atoms. The van der Waals surface area contributed by atoms with Crippen molar-refractivity contribution in [1.29, 1.82) is 0 Å². The van der Waals surface area contributed by atoms with E-state index in [1.807, 2.05) is 61.9 Å². The molecule has 2 N–H and O–H groups in total. The number of dihydropyridines is 1. The van der Waals surface area contributed by atoms with Crippen molar-refractivity contribution in [2.75, 3.05) is 6.54 Å². The van der Waals surface area contributed by atoms with Gasteiger partial charge in [0.15, 0.2) is 0 Å². The number of carboxylic acids is 1. The molecule has 3 aromatic rings. The van der Waals surface area contributed by atoms with Gasteiger partial charge in [0.1, 0.15) is 6.54 Å². The van der Waals surface area contributed by atoms with Crippen molar-refractivity contribution >= 4 is 23.3 Å². The minimum Gasteiger partial charge on any atom is -0.480 e. The van der Waals surface area contributed by atoms with Crippen molar-refractivity contribution in [3.05, 3.63) is 102 Å². The summed E-state index contributed by atoms with van der Waals surface area (Å²) in [4.78, 5) is 13.9. The second kappa shape index (κ2) is 11.4. The van der Waals surface area contributed by atoms with E-state index in [0.717, 1.165) is 35.5 Å². The summed E-state index contributed by atoms with van der Waals surface area (Å²) in [5.41, 5.74) is 5.31. The number of carbonyl (C=O) groups is 1. The summed E-state index contributed by atoms with van der Waals surface area (Å²) < 4.78 is 1.90. The third-order valence-corrected chi connectivity index (χ3v) is 6.30. The lowest BCUT2D eigenvalue weighted by Crippen LogP contribution is -2.15. The van der Waals surface area contributed by atoms with Crippen LogP contribution >= 0.6 is 11.8 Å². The van der Waals surface area contributed by atoms with Gasteiger partial charge in [-0.25, -0.2) is 0 Å². The molecule has 1 aromatic heterocycles. The number of rotatable bonds is 7. The Hall–Kier alpha value is -3.18. The van der Waals surface area contributed by atoms with E-state index in [1.54, 1.807) is 11.8 Å². The van der Waals surface area contributed by atoms with Crippen LogP contribution in [0.3, 0.4) is 0 Å². The normalized spacial score (nSPS) is 12.4. The smallest absolute Gasteiger partial charge is 0.323 e. The van der Waals surface area contributed by atoms with Crippen LogP contribution in [0, 0.1) is 6.92 Å². The van der Waals surface area contributed by atoms with Crippen LogP contribution in [0.1, 0.15) is 36.4 Å². The Labute approximate surface area is 194 Å². The first-order valence-electron chi connectivity index (χ1n) is 10.9. The van der Waals surface area contributed by atoms with Gasteiger partial charge in [-0.3, -0.25) is 4.79 Å². The molecule has 32 heavy (non-hydrogen) atoms. The van der Waals surface area contributed by atoms with Gasteiger partial charge in [-0.2, -0.15) is 0 Å². The van der Waals surface area contributed by atoms with Gasteiger partial charge < -0.3 is 15.0 Å². The number of allylic oxidation sites excluding steroid dienone is 2. The van der Waals surface area contributed by atoms with Gasteiger partial charge in [-0.05, 0) is 42.3 Å². The molecule has 0 unspecified atom stereocenters. The molecular weight excluding hydrogens is 416 g/mol. The zero-order chi connectivity index (χ0) is 22.9. The first-order chi connectivity index (χ1) is 15.6. The van der Waals surface area contributed by atoms with Crippen molar-refractivity contribution in [2.24, 2.45) is 0 Å². The highest BCUT2D eigenvalue weighted by molar-refractivity contribution is 7.99. The minimum absolute atomic E-state index is 0.0489. The SMILES string of the molecule is CC.Cc1c(Cc2ccccc2Sc2ccccc2)cc(C2=CNCC=C2)n1CC(=O)O. The number of hydrogen-bond donors (Lipinski definition) is 2. The lowest BCUT2D eigenvalue weighted by Gasteiger charge is -2.13. The molecule has 4 nitrogen and oxygen atoms in total. The quantitative estimate of drug-likeness (QED) is 0.457. The van der Waals surface area contributed by atoms with E-state index >= 15 is 0 Å². The monoisotopic (exact) mass is 446 g/mol. The van der Waals surface area contributed by atoms with Gasteiger partial charge in [0, 0.05) is 40.2 Å². The fourth-order valence-corrected chi connectivity index (χ4v) is 4.62. The summed E-state index contributed by atoms with van der Waals surface area (Å²) in [5, 5.41) is 12.7. The van der Waals surface area contributed by atoms with Gasteiger partial charge in [-0.1, -0.05) is 74.2 Å².